The summed E-state index contributed by atoms with van der Waals surface area (Å²) in [6.07, 6.45) is -5.62. The molecule has 70 heavy (non-hydrogen) atoms. The molecule has 20 heteroatoms. The number of carbonyl (C=O) groups is 6. The van der Waals surface area contributed by atoms with Gasteiger partial charge in [-0.25, -0.2) is 0 Å². The number of rotatable bonds is 26. The maximum Gasteiger partial charge on any atom is 0.315 e. The fourth-order valence-corrected chi connectivity index (χ4v) is 8.39. The van der Waals surface area contributed by atoms with Crippen LogP contribution >= 0.6 is 0 Å². The van der Waals surface area contributed by atoms with Gasteiger partial charge in [0, 0.05) is 51.4 Å². The van der Waals surface area contributed by atoms with E-state index in [0.717, 1.165) is 20.9 Å². The van der Waals surface area contributed by atoms with Crippen LogP contribution in [0.15, 0.2) is 60.7 Å². The molecule has 2 heterocycles. The summed E-state index contributed by atoms with van der Waals surface area (Å²) in [5.74, 6) is 1.00. The monoisotopic (exact) mass is 987 g/mol. The zero-order valence-corrected chi connectivity index (χ0v) is 41.0. The van der Waals surface area contributed by atoms with Gasteiger partial charge in [-0.3, -0.25) is 28.8 Å². The molecule has 6 amide bonds. The summed E-state index contributed by atoms with van der Waals surface area (Å²) in [4.78, 5) is 85.4. The van der Waals surface area contributed by atoms with E-state index in [4.69, 9.17) is 9.47 Å². The van der Waals surface area contributed by atoms with Crippen LogP contribution in [0.4, 0.5) is 17.6 Å². The molecule has 0 spiro atoms. The van der Waals surface area contributed by atoms with Gasteiger partial charge in [0.25, 0.3) is 11.8 Å². The molecule has 8 atom stereocenters. The minimum absolute atomic E-state index is 0.0236. The smallest absolute Gasteiger partial charge is 0.315 e. The second-order valence-corrected chi connectivity index (χ2v) is 17.7. The second-order valence-electron chi connectivity index (χ2n) is 17.7. The Labute approximate surface area is 408 Å². The SMILES string of the molecule is CN[C@@H](C)C(=O)N[C@H](C(=O)N1CCC[C@H]1CN(CCc1ccccc1)C(=O)C(F)F)[C@@H](C)OCC#CCO[C@H](C)[C@H](NC(=O)[C@H](C)NC)C(=O)N1CCC[C@H]1CN(CCc1ccccc1)C(=O)C(F)F. The summed E-state index contributed by atoms with van der Waals surface area (Å²) in [6.45, 7) is 6.34. The van der Waals surface area contributed by atoms with Crippen molar-refractivity contribution in [1.82, 2.24) is 40.9 Å². The van der Waals surface area contributed by atoms with E-state index in [1.165, 1.54) is 9.80 Å². The number of nitrogens with zero attached hydrogens (tertiary/aromatic N) is 4. The summed E-state index contributed by atoms with van der Waals surface area (Å²) in [6, 6.07) is 13.3. The number of carbonyl (C=O) groups excluding carboxylic acids is 6. The van der Waals surface area contributed by atoms with Gasteiger partial charge in [-0.15, -0.1) is 0 Å². The maximum atomic E-state index is 14.3. The van der Waals surface area contributed by atoms with Crippen LogP contribution in [0.1, 0.15) is 64.5 Å². The average Bonchev–Trinajstić information content (AvgIpc) is 4.04. The Kier molecular flexibility index (Phi) is 23.5. The van der Waals surface area contributed by atoms with Crippen molar-refractivity contribution in [2.45, 2.75) is 128 Å². The highest BCUT2D eigenvalue weighted by molar-refractivity contribution is 5.91. The number of amides is 6. The second kappa shape index (κ2) is 28.9. The Morgan fingerprint density at radius 3 is 1.30 bits per heavy atom. The van der Waals surface area contributed by atoms with Crippen molar-refractivity contribution >= 4 is 35.4 Å². The average molecular weight is 987 g/mol. The van der Waals surface area contributed by atoms with Crippen LogP contribution in [0.2, 0.25) is 0 Å². The molecule has 4 rings (SSSR count). The van der Waals surface area contributed by atoms with Crippen LogP contribution in [0.3, 0.4) is 0 Å². The van der Waals surface area contributed by atoms with E-state index in [9.17, 15) is 46.3 Å². The van der Waals surface area contributed by atoms with Crippen LogP contribution in [-0.4, -0.2) is 183 Å². The molecule has 2 aromatic carbocycles. The summed E-state index contributed by atoms with van der Waals surface area (Å²) in [5.41, 5.74) is 1.73. The Balaban J connectivity index is 1.42. The summed E-state index contributed by atoms with van der Waals surface area (Å²) < 4.78 is 67.1. The highest BCUT2D eigenvalue weighted by Gasteiger charge is 2.41. The molecule has 2 aliphatic rings. The van der Waals surface area contributed by atoms with Crippen molar-refractivity contribution in [3.8, 4) is 11.8 Å². The molecule has 0 bridgehead atoms. The first-order valence-electron chi connectivity index (χ1n) is 23.9. The van der Waals surface area contributed by atoms with E-state index in [-0.39, 0.29) is 52.5 Å². The molecule has 2 aromatic rings. The normalized spacial score (nSPS) is 18.3. The van der Waals surface area contributed by atoms with Crippen molar-refractivity contribution in [2.24, 2.45) is 0 Å². The number of hydrogen-bond acceptors (Lipinski definition) is 10. The zero-order chi connectivity index (χ0) is 51.3. The molecule has 0 radical (unpaired) electrons. The number of benzene rings is 2. The van der Waals surface area contributed by atoms with Crippen molar-refractivity contribution in [3.05, 3.63) is 71.8 Å². The van der Waals surface area contributed by atoms with Crippen molar-refractivity contribution in [1.29, 1.82) is 0 Å². The van der Waals surface area contributed by atoms with Gasteiger partial charge in [-0.05, 0) is 91.4 Å². The molecular weight excluding hydrogens is 917 g/mol. The van der Waals surface area contributed by atoms with Gasteiger partial charge < -0.3 is 50.3 Å². The van der Waals surface area contributed by atoms with Crippen molar-refractivity contribution < 1.29 is 55.8 Å². The number of likely N-dealkylation sites (tertiary alicyclic amines) is 2. The van der Waals surface area contributed by atoms with Gasteiger partial charge in [-0.1, -0.05) is 72.5 Å². The van der Waals surface area contributed by atoms with Gasteiger partial charge in [0.05, 0.1) is 24.3 Å². The number of likely N-dealkylation sites (N-methyl/N-ethyl adjacent to an activating group) is 2. The first kappa shape index (κ1) is 57.0. The lowest BCUT2D eigenvalue weighted by Gasteiger charge is -2.35. The fourth-order valence-electron chi connectivity index (χ4n) is 8.39. The first-order valence-corrected chi connectivity index (χ1v) is 23.9. The number of hydrogen-bond donors (Lipinski definition) is 4. The van der Waals surface area contributed by atoms with Crippen LogP contribution in [0.5, 0.6) is 0 Å². The Morgan fingerprint density at radius 2 is 0.971 bits per heavy atom. The van der Waals surface area contributed by atoms with E-state index in [1.54, 1.807) is 41.8 Å². The van der Waals surface area contributed by atoms with Gasteiger partial charge in [0.2, 0.25) is 23.6 Å². The largest absolute Gasteiger partial charge is 0.363 e. The van der Waals surface area contributed by atoms with Gasteiger partial charge in [-0.2, -0.15) is 17.6 Å². The predicted octanol–water partition coefficient (Wildman–Crippen LogP) is 2.64. The fraction of sp³-hybridized carbons (Fsp3) is 0.600. The zero-order valence-electron chi connectivity index (χ0n) is 41.0. The number of alkyl halides is 4. The predicted molar refractivity (Wildman–Crippen MR) is 254 cm³/mol. The third kappa shape index (κ3) is 17.1. The van der Waals surface area contributed by atoms with Crippen LogP contribution < -0.4 is 21.3 Å². The molecule has 0 saturated carbocycles. The van der Waals surface area contributed by atoms with Crippen LogP contribution in [0.25, 0.3) is 0 Å². The van der Waals surface area contributed by atoms with E-state index < -0.39 is 96.8 Å². The summed E-state index contributed by atoms with van der Waals surface area (Å²) >= 11 is 0. The Hall–Kier alpha value is -5.62. The highest BCUT2D eigenvalue weighted by atomic mass is 19.3. The highest BCUT2D eigenvalue weighted by Crippen LogP contribution is 2.24. The van der Waals surface area contributed by atoms with E-state index in [2.05, 4.69) is 33.1 Å². The molecular formula is C50H70F4N8O8. The van der Waals surface area contributed by atoms with Gasteiger partial charge >= 0.3 is 12.9 Å². The number of nitrogens with one attached hydrogen (secondary N) is 4. The minimum Gasteiger partial charge on any atom is -0.363 e. The third-order valence-electron chi connectivity index (χ3n) is 12.9. The molecule has 0 aromatic heterocycles. The van der Waals surface area contributed by atoms with Crippen molar-refractivity contribution in [2.75, 3.05) is 66.6 Å². The summed E-state index contributed by atoms with van der Waals surface area (Å²) in [5, 5.41) is 11.2. The molecule has 2 aliphatic heterocycles. The van der Waals surface area contributed by atoms with Crippen molar-refractivity contribution in [3.63, 3.8) is 0 Å². The maximum absolute atomic E-state index is 14.3. The standard InChI is InChI=1S/C50H70F4N8O8/c1-33(55-5)45(63)57-41(47(65)61-25-15-21-39(61)31-59(49(67)43(51)52)27-23-37-17-9-7-10-18-37)35(3)69-29-13-14-30-70-36(4)42(58-46(64)34(2)56-6)48(66)62-26-16-22-40(62)32-60(50(68)44(53)54)28-24-38-19-11-8-12-20-38/h7-12,17-20,33-36,39-44,55-56H,15-16,21-32H2,1-6H3,(H,57,63)(H,58,64)/t33-,34-,35+,36+,39-,40-,41-,42-/m0/s1. The lowest BCUT2D eigenvalue weighted by Crippen LogP contribution is -2.59. The molecule has 2 saturated heterocycles. The first-order chi connectivity index (χ1) is 33.5. The minimum atomic E-state index is -3.23. The van der Waals surface area contributed by atoms with E-state index >= 15 is 0 Å². The lowest BCUT2D eigenvalue weighted by atomic mass is 10.1. The Morgan fingerprint density at radius 1 is 0.614 bits per heavy atom. The van der Waals surface area contributed by atoms with Crippen LogP contribution in [0, 0.1) is 11.8 Å². The molecule has 0 aliphatic carbocycles. The van der Waals surface area contributed by atoms with Gasteiger partial charge in [0.1, 0.15) is 25.3 Å². The van der Waals surface area contributed by atoms with Crippen LogP contribution in [-0.2, 0) is 51.1 Å². The molecule has 2 fully saturated rings. The topological polar surface area (TPSA) is 182 Å². The third-order valence-corrected chi connectivity index (χ3v) is 12.9. The van der Waals surface area contributed by atoms with Gasteiger partial charge in [0.15, 0.2) is 0 Å². The molecule has 16 nitrogen and oxygen atoms in total. The molecule has 4 N–H and O–H groups in total. The number of halogens is 4. The Bertz CT molecular complexity index is 1920. The quantitative estimate of drug-likeness (QED) is 0.0809. The number of ether oxygens (including phenoxy) is 2. The van der Waals surface area contributed by atoms with E-state index in [1.807, 2.05) is 60.7 Å². The lowest BCUT2D eigenvalue weighted by molar-refractivity contribution is -0.146. The summed E-state index contributed by atoms with van der Waals surface area (Å²) in [7, 11) is 3.17. The molecule has 386 valence electrons. The van der Waals surface area contributed by atoms with E-state index in [0.29, 0.717) is 38.5 Å². The molecule has 0 unspecified atom stereocenters.